The lowest BCUT2D eigenvalue weighted by Gasteiger charge is -1.85. The van der Waals surface area contributed by atoms with E-state index >= 15 is 0 Å². The van der Waals surface area contributed by atoms with E-state index in [4.69, 9.17) is 14.8 Å². The molecule has 0 fully saturated rings. The SMILES string of the molecule is CC(=O)C(=O)O.O=S(=O)(O)CCO. The molecule has 0 heterocycles. The lowest BCUT2D eigenvalue weighted by Crippen LogP contribution is -2.06. The van der Waals surface area contributed by atoms with Crippen LogP contribution in [-0.2, 0) is 19.7 Å². The van der Waals surface area contributed by atoms with Gasteiger partial charge in [0.25, 0.3) is 10.1 Å². The summed E-state index contributed by atoms with van der Waals surface area (Å²) in [6.45, 7) is 0.473. The first-order valence-corrected chi connectivity index (χ1v) is 4.61. The van der Waals surface area contributed by atoms with Gasteiger partial charge in [-0.1, -0.05) is 0 Å². The Labute approximate surface area is 74.7 Å². The Bertz CT molecular complexity index is 253. The molecule has 0 aromatic heterocycles. The van der Waals surface area contributed by atoms with Gasteiger partial charge in [0.1, 0.15) is 0 Å². The van der Waals surface area contributed by atoms with Crippen LogP contribution >= 0.6 is 0 Å². The van der Waals surface area contributed by atoms with Crippen LogP contribution in [0.2, 0.25) is 0 Å². The zero-order valence-corrected chi connectivity index (χ0v) is 7.61. The van der Waals surface area contributed by atoms with Crippen LogP contribution in [0.25, 0.3) is 0 Å². The molecule has 13 heavy (non-hydrogen) atoms. The number of aliphatic hydroxyl groups is 1. The normalized spacial score (nSPS) is 9.77. The van der Waals surface area contributed by atoms with Gasteiger partial charge in [-0.2, -0.15) is 8.42 Å². The van der Waals surface area contributed by atoms with E-state index in [1.54, 1.807) is 0 Å². The highest BCUT2D eigenvalue weighted by atomic mass is 32.2. The first-order valence-electron chi connectivity index (χ1n) is 3.00. The third-order valence-corrected chi connectivity index (χ3v) is 1.35. The van der Waals surface area contributed by atoms with Crippen molar-refractivity contribution in [3.05, 3.63) is 0 Å². The van der Waals surface area contributed by atoms with Gasteiger partial charge >= 0.3 is 5.97 Å². The van der Waals surface area contributed by atoms with Crippen LogP contribution in [0.3, 0.4) is 0 Å². The highest BCUT2D eigenvalue weighted by molar-refractivity contribution is 7.85. The van der Waals surface area contributed by atoms with Gasteiger partial charge in [0.05, 0.1) is 12.4 Å². The molecule has 3 N–H and O–H groups in total. The second-order valence-corrected chi connectivity index (χ2v) is 3.44. The Morgan fingerprint density at radius 3 is 1.62 bits per heavy atom. The molecular weight excluding hydrogens is 204 g/mol. The van der Waals surface area contributed by atoms with Crippen LogP contribution in [0.15, 0.2) is 0 Å². The first kappa shape index (κ1) is 14.5. The van der Waals surface area contributed by atoms with Crippen LogP contribution in [0, 0.1) is 0 Å². The first-order chi connectivity index (χ1) is 5.70. The number of hydrogen-bond donors (Lipinski definition) is 3. The maximum absolute atomic E-state index is 9.63. The standard InChI is InChI=1S/C3H4O3.C2H6O4S/c1-2(4)3(5)6;3-1-2-7(4,5)6/h1H3,(H,5,6);3H,1-2H2,(H,4,5,6). The summed E-state index contributed by atoms with van der Waals surface area (Å²) in [5, 5.41) is 15.5. The van der Waals surface area contributed by atoms with Crippen LogP contribution < -0.4 is 0 Å². The summed E-state index contributed by atoms with van der Waals surface area (Å²) in [6.07, 6.45) is 0. The van der Waals surface area contributed by atoms with Crippen molar-refractivity contribution < 1.29 is 32.8 Å². The predicted molar refractivity (Wildman–Crippen MR) is 41.8 cm³/mol. The molecule has 0 atom stereocenters. The largest absolute Gasteiger partial charge is 0.476 e. The summed E-state index contributed by atoms with van der Waals surface area (Å²) in [5.74, 6) is -2.78. The zero-order chi connectivity index (χ0) is 11.1. The number of hydrogen-bond acceptors (Lipinski definition) is 5. The minimum atomic E-state index is -3.92. The fourth-order valence-electron chi connectivity index (χ4n) is 0.115. The maximum Gasteiger partial charge on any atom is 0.371 e. The Balaban J connectivity index is 0. The number of aliphatic carboxylic acids is 1. The number of carboxylic acid groups (broad SMARTS) is 1. The van der Waals surface area contributed by atoms with Crippen molar-refractivity contribution in [3.8, 4) is 0 Å². The quantitative estimate of drug-likeness (QED) is 0.386. The monoisotopic (exact) mass is 214 g/mol. The molecule has 0 aliphatic carbocycles. The minimum absolute atomic E-state index is 0.529. The van der Waals surface area contributed by atoms with Crippen molar-refractivity contribution in [1.29, 1.82) is 0 Å². The van der Waals surface area contributed by atoms with Crippen molar-refractivity contribution in [3.63, 3.8) is 0 Å². The lowest BCUT2D eigenvalue weighted by atomic mass is 10.5. The third-order valence-electron chi connectivity index (χ3n) is 0.650. The highest BCUT2D eigenvalue weighted by Crippen LogP contribution is 1.76. The van der Waals surface area contributed by atoms with E-state index in [-0.39, 0.29) is 0 Å². The van der Waals surface area contributed by atoms with Gasteiger partial charge in [0.15, 0.2) is 0 Å². The van der Waals surface area contributed by atoms with Crippen molar-refractivity contribution in [2.45, 2.75) is 6.92 Å². The molecule has 78 valence electrons. The van der Waals surface area contributed by atoms with Gasteiger partial charge in [-0.05, 0) is 0 Å². The molecule has 0 saturated heterocycles. The minimum Gasteiger partial charge on any atom is -0.476 e. The molecule has 0 aliphatic heterocycles. The van der Waals surface area contributed by atoms with Crippen molar-refractivity contribution in [2.75, 3.05) is 12.4 Å². The number of ketones is 1. The summed E-state index contributed by atoms with van der Waals surface area (Å²) in [7, 11) is -3.92. The summed E-state index contributed by atoms with van der Waals surface area (Å²) in [5.41, 5.74) is 0. The number of aliphatic hydroxyl groups excluding tert-OH is 1. The van der Waals surface area contributed by atoms with Crippen LogP contribution in [0.1, 0.15) is 6.92 Å². The maximum atomic E-state index is 9.63. The van der Waals surface area contributed by atoms with Crippen molar-refractivity contribution >= 4 is 21.9 Å². The van der Waals surface area contributed by atoms with Gasteiger partial charge in [-0.25, -0.2) is 4.79 Å². The van der Waals surface area contributed by atoms with Crippen LogP contribution in [0.5, 0.6) is 0 Å². The van der Waals surface area contributed by atoms with Crippen molar-refractivity contribution in [1.82, 2.24) is 0 Å². The van der Waals surface area contributed by atoms with E-state index in [0.29, 0.717) is 0 Å². The molecule has 7 nitrogen and oxygen atoms in total. The Kier molecular flexibility index (Phi) is 7.28. The molecule has 0 bridgehead atoms. The summed E-state index contributed by atoms with van der Waals surface area (Å²) in [6, 6.07) is 0. The predicted octanol–water partition coefficient (Wildman–Crippen LogP) is -1.47. The topological polar surface area (TPSA) is 129 Å². The average Bonchev–Trinajstić information content (AvgIpc) is 1.85. The van der Waals surface area contributed by atoms with Gasteiger partial charge in [-0.15, -0.1) is 0 Å². The average molecular weight is 214 g/mol. The van der Waals surface area contributed by atoms with Crippen LogP contribution in [-0.4, -0.2) is 47.3 Å². The smallest absolute Gasteiger partial charge is 0.371 e. The Morgan fingerprint density at radius 1 is 1.31 bits per heavy atom. The summed E-state index contributed by atoms with van der Waals surface area (Å²) >= 11 is 0. The van der Waals surface area contributed by atoms with E-state index in [0.717, 1.165) is 6.92 Å². The second-order valence-electron chi connectivity index (χ2n) is 1.87. The number of carboxylic acids is 1. The number of rotatable bonds is 3. The van der Waals surface area contributed by atoms with Gasteiger partial charge < -0.3 is 10.2 Å². The van der Waals surface area contributed by atoms with E-state index < -0.39 is 34.2 Å². The van der Waals surface area contributed by atoms with Crippen molar-refractivity contribution in [2.24, 2.45) is 0 Å². The molecule has 0 aromatic carbocycles. The molecule has 0 spiro atoms. The summed E-state index contributed by atoms with van der Waals surface area (Å²) < 4.78 is 27.1. The van der Waals surface area contributed by atoms with E-state index in [1.807, 2.05) is 0 Å². The van der Waals surface area contributed by atoms with Gasteiger partial charge in [-0.3, -0.25) is 9.35 Å². The van der Waals surface area contributed by atoms with Gasteiger partial charge in [0.2, 0.25) is 5.78 Å². The fraction of sp³-hybridized carbons (Fsp3) is 0.600. The third kappa shape index (κ3) is 18.2. The second kappa shape index (κ2) is 6.52. The molecule has 8 heteroatoms. The number of Topliss-reactive ketones (excluding diaryl/α,β-unsaturated/α-hetero) is 1. The highest BCUT2D eigenvalue weighted by Gasteiger charge is 1.99. The molecule has 0 saturated carbocycles. The Hall–Kier alpha value is -0.990. The molecule has 0 radical (unpaired) electrons. The zero-order valence-electron chi connectivity index (χ0n) is 6.80. The molecule has 0 aliphatic rings. The number of carbonyl (C=O) groups is 2. The molecular formula is C5H10O7S. The van der Waals surface area contributed by atoms with E-state index in [2.05, 4.69) is 0 Å². The van der Waals surface area contributed by atoms with E-state index in [9.17, 15) is 18.0 Å². The number of carbonyl (C=O) groups excluding carboxylic acids is 1. The van der Waals surface area contributed by atoms with Crippen LogP contribution in [0.4, 0.5) is 0 Å². The fourth-order valence-corrected chi connectivity index (χ4v) is 0.346. The molecule has 0 rings (SSSR count). The van der Waals surface area contributed by atoms with Gasteiger partial charge in [0, 0.05) is 6.92 Å². The summed E-state index contributed by atoms with van der Waals surface area (Å²) in [4.78, 5) is 18.9. The van der Waals surface area contributed by atoms with E-state index in [1.165, 1.54) is 0 Å². The molecule has 0 unspecified atom stereocenters. The lowest BCUT2D eigenvalue weighted by molar-refractivity contribution is -0.148. The Morgan fingerprint density at radius 2 is 1.62 bits per heavy atom. The molecule has 0 aromatic rings. The molecule has 0 amide bonds.